The number of fused-ring (bicyclic) bond motifs is 1. The number of imidazole rings is 1. The number of aromatic nitrogens is 3. The molecule has 0 radical (unpaired) electrons. The Morgan fingerprint density at radius 2 is 1.80 bits per heavy atom. The van der Waals surface area contributed by atoms with Crippen molar-refractivity contribution in [2.45, 2.75) is 6.54 Å². The van der Waals surface area contributed by atoms with Gasteiger partial charge in [-0.3, -0.25) is 9.78 Å². The predicted octanol–water partition coefficient (Wildman–Crippen LogP) is 2.95. The maximum absolute atomic E-state index is 12.5. The summed E-state index contributed by atoms with van der Waals surface area (Å²) in [4.78, 5) is 32.4. The van der Waals surface area contributed by atoms with Crippen LogP contribution in [0, 0.1) is 0 Å². The maximum Gasteiger partial charge on any atom is 0.335 e. The molecule has 0 aliphatic carbocycles. The quantitative estimate of drug-likeness (QED) is 0.383. The van der Waals surface area contributed by atoms with Crippen LogP contribution in [-0.2, 0) is 11.3 Å². The van der Waals surface area contributed by atoms with Crippen molar-refractivity contribution < 1.29 is 14.7 Å². The van der Waals surface area contributed by atoms with Crippen LogP contribution in [0.2, 0.25) is 0 Å². The summed E-state index contributed by atoms with van der Waals surface area (Å²) in [6.07, 6.45) is 3.13. The SMILES string of the molecule is O=C(Cn1c(-c2ccccn2)nc2ccccc21)NN=Cc1ccc(C(=O)O)cc1. The van der Waals surface area contributed by atoms with Crippen LogP contribution in [-0.4, -0.2) is 37.7 Å². The van der Waals surface area contributed by atoms with Gasteiger partial charge in [0.2, 0.25) is 0 Å². The summed E-state index contributed by atoms with van der Waals surface area (Å²) < 4.78 is 1.80. The second kappa shape index (κ2) is 8.36. The first-order valence-electron chi connectivity index (χ1n) is 9.14. The van der Waals surface area contributed by atoms with Crippen LogP contribution in [0.4, 0.5) is 0 Å². The highest BCUT2D eigenvalue weighted by atomic mass is 16.4. The third kappa shape index (κ3) is 4.07. The molecule has 0 spiro atoms. The predicted molar refractivity (Wildman–Crippen MR) is 112 cm³/mol. The number of para-hydroxylation sites is 2. The molecular formula is C22H17N5O3. The lowest BCUT2D eigenvalue weighted by Gasteiger charge is -2.07. The Morgan fingerprint density at radius 1 is 1.03 bits per heavy atom. The zero-order valence-corrected chi connectivity index (χ0v) is 15.8. The number of amides is 1. The molecule has 8 nitrogen and oxygen atoms in total. The molecule has 2 aromatic carbocycles. The average Bonchev–Trinajstić information content (AvgIpc) is 3.13. The van der Waals surface area contributed by atoms with Crippen LogP contribution in [0.3, 0.4) is 0 Å². The Hall–Kier alpha value is -4.33. The van der Waals surface area contributed by atoms with E-state index in [0.717, 1.165) is 11.0 Å². The van der Waals surface area contributed by atoms with E-state index < -0.39 is 5.97 Å². The molecule has 0 fully saturated rings. The lowest BCUT2D eigenvalue weighted by atomic mass is 10.1. The first-order chi connectivity index (χ1) is 14.6. The van der Waals surface area contributed by atoms with Crippen molar-refractivity contribution in [1.82, 2.24) is 20.0 Å². The first-order valence-corrected chi connectivity index (χ1v) is 9.14. The van der Waals surface area contributed by atoms with Crippen LogP contribution in [0.1, 0.15) is 15.9 Å². The molecule has 4 rings (SSSR count). The molecule has 0 bridgehead atoms. The maximum atomic E-state index is 12.5. The van der Waals surface area contributed by atoms with Crippen LogP contribution >= 0.6 is 0 Å². The molecule has 30 heavy (non-hydrogen) atoms. The number of hydrogen-bond acceptors (Lipinski definition) is 5. The van der Waals surface area contributed by atoms with Crippen molar-refractivity contribution in [2.75, 3.05) is 0 Å². The highest BCUT2D eigenvalue weighted by Crippen LogP contribution is 2.23. The smallest absolute Gasteiger partial charge is 0.335 e. The zero-order valence-electron chi connectivity index (χ0n) is 15.8. The van der Waals surface area contributed by atoms with Gasteiger partial charge in [0.05, 0.1) is 22.8 Å². The highest BCUT2D eigenvalue weighted by molar-refractivity contribution is 5.89. The number of carboxylic acid groups (broad SMARTS) is 1. The van der Waals surface area contributed by atoms with E-state index in [-0.39, 0.29) is 18.0 Å². The molecule has 0 aliphatic heterocycles. The molecule has 2 aromatic heterocycles. The van der Waals surface area contributed by atoms with Gasteiger partial charge < -0.3 is 9.67 Å². The standard InChI is InChI=1S/C22H17N5O3/c28-20(26-24-13-15-8-10-16(11-9-15)22(29)30)14-27-19-7-2-1-5-17(19)25-21(27)18-6-3-4-12-23-18/h1-13H,14H2,(H,26,28)(H,29,30). The van der Waals surface area contributed by atoms with E-state index in [1.807, 2.05) is 42.5 Å². The number of pyridine rings is 1. The van der Waals surface area contributed by atoms with Gasteiger partial charge in [-0.2, -0.15) is 5.10 Å². The van der Waals surface area contributed by atoms with Gasteiger partial charge in [-0.25, -0.2) is 15.2 Å². The van der Waals surface area contributed by atoms with E-state index in [2.05, 4.69) is 20.5 Å². The summed E-state index contributed by atoms with van der Waals surface area (Å²) in [6.45, 7) is 0.0156. The minimum atomic E-state index is -0.997. The minimum Gasteiger partial charge on any atom is -0.478 e. The van der Waals surface area contributed by atoms with Crippen molar-refractivity contribution in [3.63, 3.8) is 0 Å². The molecule has 2 heterocycles. The number of benzene rings is 2. The largest absolute Gasteiger partial charge is 0.478 e. The fourth-order valence-electron chi connectivity index (χ4n) is 3.00. The molecule has 0 atom stereocenters. The van der Waals surface area contributed by atoms with E-state index in [0.29, 0.717) is 17.1 Å². The summed E-state index contributed by atoms with van der Waals surface area (Å²) in [5, 5.41) is 12.9. The second-order valence-corrected chi connectivity index (χ2v) is 6.45. The molecule has 0 saturated carbocycles. The Morgan fingerprint density at radius 3 is 2.53 bits per heavy atom. The van der Waals surface area contributed by atoms with Crippen molar-refractivity contribution in [2.24, 2.45) is 5.10 Å². The number of carboxylic acids is 1. The number of nitrogens with zero attached hydrogens (tertiary/aromatic N) is 4. The molecular weight excluding hydrogens is 382 g/mol. The molecule has 4 aromatic rings. The molecule has 0 unspecified atom stereocenters. The van der Waals surface area contributed by atoms with Gasteiger partial charge >= 0.3 is 5.97 Å². The molecule has 148 valence electrons. The van der Waals surface area contributed by atoms with E-state index in [9.17, 15) is 9.59 Å². The van der Waals surface area contributed by atoms with Crippen molar-refractivity contribution in [3.8, 4) is 11.5 Å². The number of nitrogens with one attached hydrogen (secondary N) is 1. The highest BCUT2D eigenvalue weighted by Gasteiger charge is 2.15. The second-order valence-electron chi connectivity index (χ2n) is 6.45. The van der Waals surface area contributed by atoms with Crippen LogP contribution in [0.25, 0.3) is 22.6 Å². The normalized spacial score (nSPS) is 11.1. The Balaban J connectivity index is 1.52. The minimum absolute atomic E-state index is 0.0156. The van der Waals surface area contributed by atoms with Gasteiger partial charge in [-0.15, -0.1) is 0 Å². The average molecular weight is 399 g/mol. The lowest BCUT2D eigenvalue weighted by Crippen LogP contribution is -2.23. The van der Waals surface area contributed by atoms with Gasteiger partial charge in [0.25, 0.3) is 5.91 Å². The summed E-state index contributed by atoms with van der Waals surface area (Å²) >= 11 is 0. The number of aromatic carboxylic acids is 1. The fraction of sp³-hybridized carbons (Fsp3) is 0.0455. The van der Waals surface area contributed by atoms with Crippen molar-refractivity contribution in [1.29, 1.82) is 0 Å². The summed E-state index contributed by atoms with van der Waals surface area (Å²) in [7, 11) is 0. The Bertz CT molecular complexity index is 1230. The van der Waals surface area contributed by atoms with Gasteiger partial charge in [-0.05, 0) is 42.0 Å². The lowest BCUT2D eigenvalue weighted by molar-refractivity contribution is -0.121. The van der Waals surface area contributed by atoms with Crippen LogP contribution in [0.5, 0.6) is 0 Å². The first kappa shape index (κ1) is 19.0. The third-order valence-electron chi connectivity index (χ3n) is 4.41. The van der Waals surface area contributed by atoms with Crippen LogP contribution in [0.15, 0.2) is 78.0 Å². The molecule has 2 N–H and O–H groups in total. The Kier molecular flexibility index (Phi) is 5.29. The molecule has 8 heteroatoms. The fourth-order valence-corrected chi connectivity index (χ4v) is 3.00. The summed E-state index contributed by atoms with van der Waals surface area (Å²) in [5.41, 5.74) is 5.61. The number of hydrogen-bond donors (Lipinski definition) is 2. The monoisotopic (exact) mass is 399 g/mol. The molecule has 0 saturated heterocycles. The van der Waals surface area contributed by atoms with Gasteiger partial charge in [0.1, 0.15) is 12.2 Å². The van der Waals surface area contributed by atoms with Gasteiger partial charge in [0.15, 0.2) is 5.82 Å². The van der Waals surface area contributed by atoms with Crippen LogP contribution < -0.4 is 5.43 Å². The third-order valence-corrected chi connectivity index (χ3v) is 4.41. The van der Waals surface area contributed by atoms with Gasteiger partial charge in [0, 0.05) is 6.20 Å². The summed E-state index contributed by atoms with van der Waals surface area (Å²) in [6, 6.07) is 19.3. The van der Waals surface area contributed by atoms with Crippen molar-refractivity contribution >= 4 is 29.1 Å². The van der Waals surface area contributed by atoms with Crippen molar-refractivity contribution in [3.05, 3.63) is 84.1 Å². The number of hydrazone groups is 1. The van der Waals surface area contributed by atoms with E-state index in [4.69, 9.17) is 5.11 Å². The van der Waals surface area contributed by atoms with E-state index in [1.165, 1.54) is 18.3 Å². The van der Waals surface area contributed by atoms with Gasteiger partial charge in [-0.1, -0.05) is 30.3 Å². The molecule has 1 amide bonds. The molecule has 0 aliphatic rings. The van der Waals surface area contributed by atoms with E-state index in [1.54, 1.807) is 22.9 Å². The number of carbonyl (C=O) groups excluding carboxylic acids is 1. The van der Waals surface area contributed by atoms with E-state index >= 15 is 0 Å². The Labute approximate surface area is 171 Å². The number of carbonyl (C=O) groups is 2. The zero-order chi connectivity index (χ0) is 20.9. The topological polar surface area (TPSA) is 109 Å². The number of rotatable bonds is 6. The summed E-state index contributed by atoms with van der Waals surface area (Å²) in [5.74, 6) is -0.725.